The predicted octanol–water partition coefficient (Wildman–Crippen LogP) is 0.439. The molecule has 116 valence electrons. The second-order valence-electron chi connectivity index (χ2n) is 4.24. The van der Waals surface area contributed by atoms with Crippen LogP contribution in [-0.4, -0.2) is 49.6 Å². The van der Waals surface area contributed by atoms with Crippen LogP contribution in [0.1, 0.15) is 28.4 Å². The number of aliphatic hydroxyl groups excluding tert-OH is 2. The average Bonchev–Trinajstić information content (AvgIpc) is 2.52. The summed E-state index contributed by atoms with van der Waals surface area (Å²) in [6.45, 7) is 0. The number of carbonyl (C=O) groups excluding carboxylic acids is 2. The summed E-state index contributed by atoms with van der Waals surface area (Å²) in [7, 11) is 3.79. The van der Waals surface area contributed by atoms with Gasteiger partial charge in [0.2, 0.25) is 0 Å². The van der Waals surface area contributed by atoms with Crippen molar-refractivity contribution in [3.8, 4) is 5.75 Å². The van der Waals surface area contributed by atoms with Crippen molar-refractivity contribution in [2.45, 2.75) is 18.6 Å². The molecule has 7 nitrogen and oxygen atoms in total. The van der Waals surface area contributed by atoms with Crippen LogP contribution in [0.15, 0.2) is 18.2 Å². The van der Waals surface area contributed by atoms with E-state index in [2.05, 4.69) is 9.47 Å². The molecular formula is C14H18O7. The fourth-order valence-corrected chi connectivity index (χ4v) is 1.76. The van der Waals surface area contributed by atoms with Crippen molar-refractivity contribution in [1.29, 1.82) is 0 Å². The normalized spacial score (nSPS) is 13.2. The summed E-state index contributed by atoms with van der Waals surface area (Å²) in [6.07, 6.45) is -2.99. The second-order valence-corrected chi connectivity index (χ2v) is 4.24. The first-order chi connectivity index (χ1) is 9.94. The van der Waals surface area contributed by atoms with Gasteiger partial charge in [-0.3, -0.25) is 4.79 Å². The van der Waals surface area contributed by atoms with Crippen molar-refractivity contribution in [3.63, 3.8) is 0 Å². The van der Waals surface area contributed by atoms with E-state index in [4.69, 9.17) is 4.74 Å². The number of carbonyl (C=O) groups is 2. The Labute approximate surface area is 122 Å². The maximum atomic E-state index is 11.5. The minimum absolute atomic E-state index is 0.193. The summed E-state index contributed by atoms with van der Waals surface area (Å²) in [5, 5.41) is 19.8. The molecule has 0 saturated carbocycles. The average molecular weight is 298 g/mol. The molecule has 2 atom stereocenters. The first kappa shape index (κ1) is 16.9. The predicted molar refractivity (Wildman–Crippen MR) is 71.9 cm³/mol. The topological polar surface area (TPSA) is 102 Å². The van der Waals surface area contributed by atoms with E-state index in [1.54, 1.807) is 0 Å². The van der Waals surface area contributed by atoms with Crippen molar-refractivity contribution in [3.05, 3.63) is 29.3 Å². The van der Waals surface area contributed by atoms with Gasteiger partial charge in [0.05, 0.1) is 33.9 Å². The van der Waals surface area contributed by atoms with E-state index in [0.717, 1.165) is 0 Å². The third-order valence-electron chi connectivity index (χ3n) is 2.94. The molecular weight excluding hydrogens is 280 g/mol. The number of aliphatic hydroxyl groups is 2. The van der Waals surface area contributed by atoms with E-state index >= 15 is 0 Å². The Morgan fingerprint density at radius 3 is 2.33 bits per heavy atom. The molecule has 2 N–H and O–H groups in total. The Balaban J connectivity index is 2.98. The Morgan fingerprint density at radius 2 is 1.81 bits per heavy atom. The zero-order valence-electron chi connectivity index (χ0n) is 12.0. The lowest BCUT2D eigenvalue weighted by Gasteiger charge is -2.18. The maximum Gasteiger partial charge on any atom is 0.341 e. The van der Waals surface area contributed by atoms with Crippen molar-refractivity contribution in [1.82, 2.24) is 0 Å². The van der Waals surface area contributed by atoms with Crippen LogP contribution in [-0.2, 0) is 14.3 Å². The van der Waals surface area contributed by atoms with Gasteiger partial charge in [0.25, 0.3) is 0 Å². The fourth-order valence-electron chi connectivity index (χ4n) is 1.76. The number of ether oxygens (including phenoxy) is 3. The SMILES string of the molecule is COC(=O)CC(O)C(O)c1ccc(C(=O)OC)c(OC)c1. The van der Waals surface area contributed by atoms with Crippen LogP contribution in [0, 0.1) is 0 Å². The van der Waals surface area contributed by atoms with Gasteiger partial charge in [0, 0.05) is 0 Å². The summed E-state index contributed by atoms with van der Waals surface area (Å²) in [5.41, 5.74) is 0.495. The zero-order valence-corrected chi connectivity index (χ0v) is 12.0. The number of methoxy groups -OCH3 is 3. The third-order valence-corrected chi connectivity index (χ3v) is 2.94. The number of hydrogen-bond donors (Lipinski definition) is 2. The van der Waals surface area contributed by atoms with E-state index in [-0.39, 0.29) is 17.7 Å². The summed E-state index contributed by atoms with van der Waals surface area (Å²) < 4.78 is 14.1. The van der Waals surface area contributed by atoms with Gasteiger partial charge in [-0.05, 0) is 17.7 Å². The van der Waals surface area contributed by atoms with Gasteiger partial charge >= 0.3 is 11.9 Å². The van der Waals surface area contributed by atoms with Crippen LogP contribution in [0.3, 0.4) is 0 Å². The van der Waals surface area contributed by atoms with Gasteiger partial charge in [0.1, 0.15) is 17.4 Å². The van der Waals surface area contributed by atoms with Crippen LogP contribution in [0.4, 0.5) is 0 Å². The molecule has 1 aromatic rings. The molecule has 0 fully saturated rings. The Kier molecular flexibility index (Phi) is 6.13. The van der Waals surface area contributed by atoms with Crippen LogP contribution in [0.5, 0.6) is 5.75 Å². The lowest BCUT2D eigenvalue weighted by molar-refractivity contribution is -0.144. The van der Waals surface area contributed by atoms with Gasteiger partial charge in [-0.1, -0.05) is 6.07 Å². The Morgan fingerprint density at radius 1 is 1.14 bits per heavy atom. The largest absolute Gasteiger partial charge is 0.496 e. The fraction of sp³-hybridized carbons (Fsp3) is 0.429. The first-order valence-electron chi connectivity index (χ1n) is 6.13. The van der Waals surface area contributed by atoms with Gasteiger partial charge in [-0.15, -0.1) is 0 Å². The molecule has 0 aliphatic heterocycles. The van der Waals surface area contributed by atoms with Crippen molar-refractivity contribution in [2.24, 2.45) is 0 Å². The van der Waals surface area contributed by atoms with E-state index < -0.39 is 24.1 Å². The van der Waals surface area contributed by atoms with Crippen LogP contribution < -0.4 is 4.74 Å². The van der Waals surface area contributed by atoms with E-state index in [9.17, 15) is 19.8 Å². The summed E-state index contributed by atoms with van der Waals surface area (Å²) in [6, 6.07) is 4.26. The molecule has 0 bridgehead atoms. The molecule has 1 aromatic carbocycles. The number of hydrogen-bond acceptors (Lipinski definition) is 7. The summed E-state index contributed by atoms with van der Waals surface area (Å²) >= 11 is 0. The van der Waals surface area contributed by atoms with E-state index in [1.165, 1.54) is 39.5 Å². The third kappa shape index (κ3) is 4.17. The summed E-state index contributed by atoms with van der Waals surface area (Å²) in [5.74, 6) is -1.02. The van der Waals surface area contributed by atoms with Crippen LogP contribution >= 0.6 is 0 Å². The quantitative estimate of drug-likeness (QED) is 0.734. The Hall–Kier alpha value is -2.12. The van der Waals surface area contributed by atoms with E-state index in [0.29, 0.717) is 5.56 Å². The van der Waals surface area contributed by atoms with Gasteiger partial charge in [-0.25, -0.2) is 4.79 Å². The summed E-state index contributed by atoms with van der Waals surface area (Å²) in [4.78, 5) is 22.6. The van der Waals surface area contributed by atoms with Crippen molar-refractivity contribution in [2.75, 3.05) is 21.3 Å². The lowest BCUT2D eigenvalue weighted by atomic mass is 10.00. The number of esters is 2. The highest BCUT2D eigenvalue weighted by Crippen LogP contribution is 2.27. The molecule has 0 aromatic heterocycles. The lowest BCUT2D eigenvalue weighted by Crippen LogP contribution is -2.22. The van der Waals surface area contributed by atoms with Gasteiger partial charge in [0.15, 0.2) is 0 Å². The molecule has 0 amide bonds. The molecule has 0 heterocycles. The van der Waals surface area contributed by atoms with Crippen LogP contribution in [0.25, 0.3) is 0 Å². The van der Waals surface area contributed by atoms with Gasteiger partial charge in [-0.2, -0.15) is 0 Å². The molecule has 21 heavy (non-hydrogen) atoms. The highest BCUT2D eigenvalue weighted by Gasteiger charge is 2.23. The maximum absolute atomic E-state index is 11.5. The molecule has 7 heteroatoms. The highest BCUT2D eigenvalue weighted by molar-refractivity contribution is 5.92. The van der Waals surface area contributed by atoms with Crippen molar-refractivity contribution >= 4 is 11.9 Å². The smallest absolute Gasteiger partial charge is 0.341 e. The monoisotopic (exact) mass is 298 g/mol. The molecule has 0 aliphatic carbocycles. The van der Waals surface area contributed by atoms with Crippen molar-refractivity contribution < 1.29 is 34.0 Å². The molecule has 0 aliphatic rings. The molecule has 0 radical (unpaired) electrons. The minimum Gasteiger partial charge on any atom is -0.496 e. The molecule has 0 saturated heterocycles. The number of rotatable bonds is 6. The zero-order chi connectivity index (χ0) is 16.0. The highest BCUT2D eigenvalue weighted by atomic mass is 16.5. The molecule has 0 spiro atoms. The number of benzene rings is 1. The van der Waals surface area contributed by atoms with Gasteiger partial charge < -0.3 is 24.4 Å². The van der Waals surface area contributed by atoms with Crippen LogP contribution in [0.2, 0.25) is 0 Å². The Bertz CT molecular complexity index is 512. The standard InChI is InChI=1S/C14H18O7/c1-19-11-6-8(4-5-9(11)14(18)21-3)13(17)10(15)7-12(16)20-2/h4-6,10,13,15,17H,7H2,1-3H3. The molecule has 2 unspecified atom stereocenters. The minimum atomic E-state index is -1.33. The molecule has 1 rings (SSSR count). The van der Waals surface area contributed by atoms with E-state index in [1.807, 2.05) is 0 Å². The second kappa shape index (κ2) is 7.61. The first-order valence-corrected chi connectivity index (χ1v) is 6.13.